The highest BCUT2D eigenvalue weighted by Crippen LogP contribution is 2.35. The second-order valence-electron chi connectivity index (χ2n) is 7.48. The van der Waals surface area contributed by atoms with Crippen LogP contribution < -0.4 is 4.39 Å². The van der Waals surface area contributed by atoms with Crippen LogP contribution in [0.5, 0.6) is 0 Å². The minimum Gasteiger partial charge on any atom is -0.305 e. The van der Waals surface area contributed by atoms with E-state index in [0.29, 0.717) is 6.54 Å². The molecule has 126 valence electrons. The van der Waals surface area contributed by atoms with Crippen molar-refractivity contribution < 1.29 is 12.8 Å². The van der Waals surface area contributed by atoms with Gasteiger partial charge in [-0.25, -0.2) is 17.2 Å². The molecule has 0 unspecified atom stereocenters. The van der Waals surface area contributed by atoms with Crippen molar-refractivity contribution in [2.24, 2.45) is 0 Å². The Kier molecular flexibility index (Phi) is 5.60. The molecule has 0 bridgehead atoms. The zero-order valence-corrected chi connectivity index (χ0v) is 16.3. The lowest BCUT2D eigenvalue weighted by Crippen LogP contribution is -2.54. The van der Waals surface area contributed by atoms with Gasteiger partial charge in [-0.1, -0.05) is 39.9 Å². The fourth-order valence-electron chi connectivity index (χ4n) is 1.77. The summed E-state index contributed by atoms with van der Waals surface area (Å²) in [6.45, 7) is 10.4. The molecule has 0 atom stereocenters. The van der Waals surface area contributed by atoms with Crippen molar-refractivity contribution in [1.82, 2.24) is 9.29 Å². The second kappa shape index (κ2) is 6.39. The number of halogens is 1. The molecule has 1 aromatic carbocycles. The van der Waals surface area contributed by atoms with Gasteiger partial charge in [-0.2, -0.15) is 0 Å². The van der Waals surface area contributed by atoms with Crippen LogP contribution in [0.2, 0.25) is 18.1 Å². The number of nitrogens with one attached hydrogen (secondary N) is 1. The number of rotatable bonds is 5. The molecule has 0 radical (unpaired) electrons. The van der Waals surface area contributed by atoms with Crippen LogP contribution in [0.15, 0.2) is 23.1 Å². The Morgan fingerprint density at radius 2 is 1.77 bits per heavy atom. The molecule has 4 nitrogen and oxygen atoms in total. The van der Waals surface area contributed by atoms with Crippen molar-refractivity contribution in [3.05, 3.63) is 29.6 Å². The number of hydrogen-bond donors (Lipinski definition) is 1. The molecule has 0 saturated heterocycles. The second-order valence-corrected chi connectivity index (χ2v) is 14.5. The molecular formula is C15H27FN2O2SSi. The van der Waals surface area contributed by atoms with E-state index in [9.17, 15) is 12.8 Å². The minimum atomic E-state index is -3.85. The topological polar surface area (TPSA) is 49.4 Å². The van der Waals surface area contributed by atoms with Crippen LogP contribution in [0.3, 0.4) is 0 Å². The molecule has 0 heterocycles. The van der Waals surface area contributed by atoms with Gasteiger partial charge in [-0.15, -0.1) is 0 Å². The average Bonchev–Trinajstić information content (AvgIpc) is 2.24. The number of benzene rings is 1. The summed E-state index contributed by atoms with van der Waals surface area (Å²) >= 11 is 0. The zero-order valence-electron chi connectivity index (χ0n) is 14.5. The molecule has 1 N–H and O–H groups in total. The van der Waals surface area contributed by atoms with Gasteiger partial charge < -0.3 is 4.90 Å². The SMILES string of the molecule is CN(C)Cc1ccc(S(=O)(=O)N[Si](C)(C)C(C)(C)C)c(F)c1. The monoisotopic (exact) mass is 346 g/mol. The standard InChI is InChI=1S/C15H27FN2O2SSi/c1-15(2,3)22(6,7)17-21(19,20)14-9-8-12(10-13(14)16)11-18(4)5/h8-10,17H,11H2,1-7H3. The summed E-state index contributed by atoms with van der Waals surface area (Å²) in [7, 11) is -2.40. The van der Waals surface area contributed by atoms with E-state index < -0.39 is 24.1 Å². The summed E-state index contributed by atoms with van der Waals surface area (Å²) in [5, 5.41) is -0.165. The first kappa shape index (κ1) is 19.3. The predicted molar refractivity (Wildman–Crippen MR) is 91.3 cm³/mol. The molecule has 0 amide bonds. The summed E-state index contributed by atoms with van der Waals surface area (Å²) in [5.74, 6) is -0.703. The summed E-state index contributed by atoms with van der Waals surface area (Å²) in [4.78, 5) is 1.62. The summed E-state index contributed by atoms with van der Waals surface area (Å²) in [5.41, 5.74) is 0.744. The van der Waals surface area contributed by atoms with Gasteiger partial charge in [0.15, 0.2) is 0 Å². The highest BCUT2D eigenvalue weighted by atomic mass is 32.2. The number of sulfonamides is 1. The summed E-state index contributed by atoms with van der Waals surface area (Å²) in [6, 6.07) is 4.30. The van der Waals surface area contributed by atoms with Crippen molar-refractivity contribution >= 4 is 18.3 Å². The molecule has 0 aliphatic rings. The molecule has 0 saturated carbocycles. The lowest BCUT2D eigenvalue weighted by Gasteiger charge is -2.36. The molecule has 7 heteroatoms. The van der Waals surface area contributed by atoms with Gasteiger partial charge in [0.2, 0.25) is 10.0 Å². The molecule has 0 aliphatic carbocycles. The van der Waals surface area contributed by atoms with Crippen molar-refractivity contribution in [3.8, 4) is 0 Å². The van der Waals surface area contributed by atoms with Crippen LogP contribution in [0, 0.1) is 5.82 Å². The summed E-state index contributed by atoms with van der Waals surface area (Å²) < 4.78 is 42.0. The maximum Gasteiger partial charge on any atom is 0.237 e. The van der Waals surface area contributed by atoms with Crippen molar-refractivity contribution in [2.45, 2.75) is 50.3 Å². The smallest absolute Gasteiger partial charge is 0.237 e. The molecule has 0 aliphatic heterocycles. The molecule has 0 aromatic heterocycles. The Labute approximate surface area is 134 Å². The van der Waals surface area contributed by atoms with E-state index in [4.69, 9.17) is 0 Å². The van der Waals surface area contributed by atoms with Gasteiger partial charge in [0.25, 0.3) is 0 Å². The third-order valence-electron chi connectivity index (χ3n) is 4.05. The molecule has 1 aromatic rings. The quantitative estimate of drug-likeness (QED) is 0.833. The first-order valence-corrected chi connectivity index (χ1v) is 11.7. The number of hydrogen-bond acceptors (Lipinski definition) is 3. The Morgan fingerprint density at radius 3 is 2.18 bits per heavy atom. The predicted octanol–water partition coefficient (Wildman–Crippen LogP) is 3.17. The third kappa shape index (κ3) is 4.61. The highest BCUT2D eigenvalue weighted by molar-refractivity contribution is 7.91. The molecule has 22 heavy (non-hydrogen) atoms. The highest BCUT2D eigenvalue weighted by Gasteiger charge is 2.40. The Bertz CT molecular complexity index is 637. The Morgan fingerprint density at radius 1 is 1.23 bits per heavy atom. The van der Waals surface area contributed by atoms with Gasteiger partial charge in [0.05, 0.1) is 0 Å². The largest absolute Gasteiger partial charge is 0.305 e. The normalized spacial score (nSPS) is 13.7. The van der Waals surface area contributed by atoms with Crippen LogP contribution in [-0.2, 0) is 16.6 Å². The maximum absolute atomic E-state index is 14.2. The van der Waals surface area contributed by atoms with E-state index >= 15 is 0 Å². The Balaban J connectivity index is 3.14. The fourth-order valence-corrected chi connectivity index (χ4v) is 6.68. The van der Waals surface area contributed by atoms with Crippen LogP contribution >= 0.6 is 0 Å². The van der Waals surface area contributed by atoms with Crippen LogP contribution in [0.1, 0.15) is 26.3 Å². The Hall–Kier alpha value is -0.763. The van der Waals surface area contributed by atoms with Crippen molar-refractivity contribution in [3.63, 3.8) is 0 Å². The minimum absolute atomic E-state index is 0.165. The van der Waals surface area contributed by atoms with E-state index in [2.05, 4.69) is 4.39 Å². The third-order valence-corrected chi connectivity index (χ3v) is 11.8. The molecule has 0 spiro atoms. The van der Waals surface area contributed by atoms with E-state index in [1.165, 1.54) is 12.1 Å². The molecule has 0 fully saturated rings. The molecular weight excluding hydrogens is 319 g/mol. The van der Waals surface area contributed by atoms with Gasteiger partial charge >= 0.3 is 0 Å². The van der Waals surface area contributed by atoms with Gasteiger partial charge in [0, 0.05) is 6.54 Å². The first-order valence-electron chi connectivity index (χ1n) is 7.23. The van der Waals surface area contributed by atoms with E-state index in [0.717, 1.165) is 5.56 Å². The average molecular weight is 347 g/mol. The lowest BCUT2D eigenvalue weighted by atomic mass is 10.2. The van der Waals surface area contributed by atoms with Crippen molar-refractivity contribution in [1.29, 1.82) is 0 Å². The maximum atomic E-state index is 14.2. The number of nitrogens with zero attached hydrogens (tertiary/aromatic N) is 1. The van der Waals surface area contributed by atoms with E-state index in [-0.39, 0.29) is 9.93 Å². The van der Waals surface area contributed by atoms with Gasteiger partial charge in [0.1, 0.15) is 18.9 Å². The first-order chi connectivity index (χ1) is 9.76. The van der Waals surface area contributed by atoms with Crippen molar-refractivity contribution in [2.75, 3.05) is 14.1 Å². The fraction of sp³-hybridized carbons (Fsp3) is 0.600. The van der Waals surface area contributed by atoms with Gasteiger partial charge in [-0.05, 0) is 36.8 Å². The molecule has 1 rings (SSSR count). The van der Waals surface area contributed by atoms with E-state index in [1.807, 2.05) is 52.9 Å². The zero-order chi connectivity index (χ0) is 17.3. The van der Waals surface area contributed by atoms with Crippen LogP contribution in [-0.4, -0.2) is 35.6 Å². The van der Waals surface area contributed by atoms with E-state index in [1.54, 1.807) is 6.07 Å². The van der Waals surface area contributed by atoms with Crippen LogP contribution in [0.4, 0.5) is 4.39 Å². The lowest BCUT2D eigenvalue weighted by molar-refractivity contribution is 0.401. The summed E-state index contributed by atoms with van der Waals surface area (Å²) in [6.07, 6.45) is 0. The van der Waals surface area contributed by atoms with Crippen LogP contribution in [0.25, 0.3) is 0 Å². The van der Waals surface area contributed by atoms with Gasteiger partial charge in [-0.3, -0.25) is 0 Å².